The van der Waals surface area contributed by atoms with Crippen LogP contribution in [-0.2, 0) is 10.0 Å². The predicted octanol–water partition coefficient (Wildman–Crippen LogP) is 1.44. The van der Waals surface area contributed by atoms with Gasteiger partial charge in [-0.1, -0.05) is 12.5 Å². The van der Waals surface area contributed by atoms with Gasteiger partial charge in [-0.25, -0.2) is 8.42 Å². The molecule has 1 aromatic rings. The molecule has 1 aromatic carbocycles. The Morgan fingerprint density at radius 1 is 1.19 bits per heavy atom. The Morgan fingerprint density at radius 2 is 2.00 bits per heavy atom. The molecule has 2 N–H and O–H groups in total. The zero-order chi connectivity index (χ0) is 15.0. The smallest absolute Gasteiger partial charge is 0.245 e. The summed E-state index contributed by atoms with van der Waals surface area (Å²) in [4.78, 5) is 2.67. The van der Waals surface area contributed by atoms with Gasteiger partial charge in [-0.15, -0.1) is 0 Å². The van der Waals surface area contributed by atoms with E-state index in [0.717, 1.165) is 25.1 Å². The third kappa shape index (κ3) is 2.80. The minimum Gasteiger partial charge on any atom is -0.398 e. The van der Waals surface area contributed by atoms with E-state index >= 15 is 0 Å². The van der Waals surface area contributed by atoms with Crippen LogP contribution in [0.2, 0.25) is 0 Å². The molecule has 2 saturated heterocycles. The largest absolute Gasteiger partial charge is 0.398 e. The summed E-state index contributed by atoms with van der Waals surface area (Å²) in [6, 6.07) is 5.53. The molecule has 2 heterocycles. The number of nitrogens with two attached hydrogens (primary N) is 1. The van der Waals surface area contributed by atoms with Gasteiger partial charge in [0, 0.05) is 25.7 Å². The Kier molecular flexibility index (Phi) is 3.94. The molecule has 21 heavy (non-hydrogen) atoms. The van der Waals surface area contributed by atoms with Crippen LogP contribution in [0.3, 0.4) is 0 Å². The Bertz CT molecular complexity index is 630. The van der Waals surface area contributed by atoms with Crippen molar-refractivity contribution in [3.05, 3.63) is 23.8 Å². The SMILES string of the molecule is Cc1ccc(S(=O)(=O)N2CCN3CCCCC3C2)c(N)c1. The van der Waals surface area contributed by atoms with Crippen molar-refractivity contribution in [1.82, 2.24) is 9.21 Å². The predicted molar refractivity (Wildman–Crippen MR) is 83.6 cm³/mol. The number of nitrogens with zero attached hydrogens (tertiary/aromatic N) is 2. The first-order valence-corrected chi connectivity index (χ1v) is 9.03. The number of benzene rings is 1. The number of piperazine rings is 1. The zero-order valence-electron chi connectivity index (χ0n) is 12.5. The van der Waals surface area contributed by atoms with Gasteiger partial charge in [0.25, 0.3) is 0 Å². The highest BCUT2D eigenvalue weighted by Gasteiger charge is 2.35. The van der Waals surface area contributed by atoms with Gasteiger partial charge in [-0.3, -0.25) is 4.90 Å². The van der Waals surface area contributed by atoms with Crippen LogP contribution in [0.1, 0.15) is 24.8 Å². The first-order chi connectivity index (χ1) is 9.98. The number of hydrogen-bond acceptors (Lipinski definition) is 4. The lowest BCUT2D eigenvalue weighted by molar-refractivity contribution is 0.0852. The Hall–Kier alpha value is -1.11. The number of nitrogen functional groups attached to an aromatic ring is 1. The molecule has 0 bridgehead atoms. The lowest BCUT2D eigenvalue weighted by Crippen LogP contribution is -2.56. The lowest BCUT2D eigenvalue weighted by Gasteiger charge is -2.43. The van der Waals surface area contributed by atoms with Gasteiger partial charge in [-0.05, 0) is 44.0 Å². The molecule has 6 heteroatoms. The maximum Gasteiger partial charge on any atom is 0.245 e. The molecule has 0 aliphatic carbocycles. The number of hydrogen-bond donors (Lipinski definition) is 1. The molecule has 0 amide bonds. The summed E-state index contributed by atoms with van der Waals surface area (Å²) < 4.78 is 27.3. The van der Waals surface area contributed by atoms with Gasteiger partial charge in [0.2, 0.25) is 10.0 Å². The number of piperidine rings is 1. The quantitative estimate of drug-likeness (QED) is 0.840. The van der Waals surface area contributed by atoms with Crippen molar-refractivity contribution in [3.8, 4) is 0 Å². The first kappa shape index (κ1) is 14.8. The summed E-state index contributed by atoms with van der Waals surface area (Å²) in [5, 5.41) is 0. The van der Waals surface area contributed by atoms with E-state index in [-0.39, 0.29) is 4.90 Å². The van der Waals surface area contributed by atoms with E-state index in [1.54, 1.807) is 22.5 Å². The Labute approximate surface area is 126 Å². The van der Waals surface area contributed by atoms with Crippen LogP contribution >= 0.6 is 0 Å². The van der Waals surface area contributed by atoms with Crippen molar-refractivity contribution in [3.63, 3.8) is 0 Å². The van der Waals surface area contributed by atoms with Crippen molar-refractivity contribution < 1.29 is 8.42 Å². The second-order valence-electron chi connectivity index (χ2n) is 6.09. The third-order valence-corrected chi connectivity index (χ3v) is 6.52. The summed E-state index contributed by atoms with van der Waals surface area (Å²) in [7, 11) is -3.48. The van der Waals surface area contributed by atoms with Crippen molar-refractivity contribution in [2.75, 3.05) is 31.9 Å². The second-order valence-corrected chi connectivity index (χ2v) is 8.00. The van der Waals surface area contributed by atoms with Crippen molar-refractivity contribution in [2.24, 2.45) is 0 Å². The summed E-state index contributed by atoms with van der Waals surface area (Å²) >= 11 is 0. The molecule has 0 spiro atoms. The van der Waals surface area contributed by atoms with Crippen LogP contribution in [-0.4, -0.2) is 49.8 Å². The molecule has 0 radical (unpaired) electrons. The topological polar surface area (TPSA) is 66.6 Å². The van der Waals surface area contributed by atoms with Crippen LogP contribution in [0, 0.1) is 6.92 Å². The van der Waals surface area contributed by atoms with Crippen molar-refractivity contribution in [1.29, 1.82) is 0 Å². The van der Waals surface area contributed by atoms with Gasteiger partial charge in [-0.2, -0.15) is 4.31 Å². The molecule has 3 rings (SSSR count). The lowest BCUT2D eigenvalue weighted by atomic mass is 10.0. The van der Waals surface area contributed by atoms with Gasteiger partial charge >= 0.3 is 0 Å². The average Bonchev–Trinajstić information content (AvgIpc) is 2.46. The fourth-order valence-corrected chi connectivity index (χ4v) is 4.95. The number of aryl methyl sites for hydroxylation is 1. The van der Waals surface area contributed by atoms with E-state index in [4.69, 9.17) is 5.73 Å². The number of sulfonamides is 1. The third-order valence-electron chi connectivity index (χ3n) is 4.58. The molecule has 1 unspecified atom stereocenters. The molecule has 2 fully saturated rings. The second kappa shape index (κ2) is 5.59. The Balaban J connectivity index is 1.85. The molecule has 5 nitrogen and oxygen atoms in total. The fourth-order valence-electron chi connectivity index (χ4n) is 3.39. The van der Waals surface area contributed by atoms with E-state index in [1.165, 1.54) is 12.8 Å². The number of anilines is 1. The van der Waals surface area contributed by atoms with Gasteiger partial charge in [0.1, 0.15) is 4.90 Å². The summed E-state index contributed by atoms with van der Waals surface area (Å²) in [5.74, 6) is 0. The number of fused-ring (bicyclic) bond motifs is 1. The van der Waals surface area contributed by atoms with Crippen LogP contribution in [0.25, 0.3) is 0 Å². The van der Waals surface area contributed by atoms with E-state index in [2.05, 4.69) is 4.90 Å². The van der Waals surface area contributed by atoms with E-state index in [1.807, 2.05) is 6.92 Å². The highest BCUT2D eigenvalue weighted by Crippen LogP contribution is 2.28. The van der Waals surface area contributed by atoms with Crippen molar-refractivity contribution >= 4 is 15.7 Å². The fraction of sp³-hybridized carbons (Fsp3) is 0.600. The van der Waals surface area contributed by atoms with E-state index < -0.39 is 10.0 Å². The van der Waals surface area contributed by atoms with Crippen molar-refractivity contribution in [2.45, 2.75) is 37.1 Å². The average molecular weight is 309 g/mol. The standard InChI is InChI=1S/C15H23N3O2S/c1-12-5-6-15(14(16)10-12)21(19,20)18-9-8-17-7-3-2-4-13(17)11-18/h5-6,10,13H,2-4,7-9,11,16H2,1H3. The first-order valence-electron chi connectivity index (χ1n) is 7.59. The van der Waals surface area contributed by atoms with E-state index in [0.29, 0.717) is 24.8 Å². The molecule has 2 aliphatic rings. The Morgan fingerprint density at radius 3 is 2.76 bits per heavy atom. The molecule has 116 valence electrons. The summed E-state index contributed by atoms with van der Waals surface area (Å²) in [5.41, 5.74) is 7.25. The van der Waals surface area contributed by atoms with Crippen LogP contribution in [0.5, 0.6) is 0 Å². The highest BCUT2D eigenvalue weighted by molar-refractivity contribution is 7.89. The minimum absolute atomic E-state index is 0.248. The van der Waals surface area contributed by atoms with Gasteiger partial charge < -0.3 is 5.73 Å². The van der Waals surface area contributed by atoms with Crippen LogP contribution in [0.4, 0.5) is 5.69 Å². The van der Waals surface area contributed by atoms with Gasteiger partial charge in [0.05, 0.1) is 5.69 Å². The zero-order valence-corrected chi connectivity index (χ0v) is 13.3. The molecule has 2 aliphatic heterocycles. The molecular formula is C15H23N3O2S. The van der Waals surface area contributed by atoms with Crippen LogP contribution in [0.15, 0.2) is 23.1 Å². The molecular weight excluding hydrogens is 286 g/mol. The molecule has 0 saturated carbocycles. The monoisotopic (exact) mass is 309 g/mol. The van der Waals surface area contributed by atoms with Crippen LogP contribution < -0.4 is 5.73 Å². The maximum absolute atomic E-state index is 12.8. The summed E-state index contributed by atoms with van der Waals surface area (Å²) in [6.07, 6.45) is 3.52. The highest BCUT2D eigenvalue weighted by atomic mass is 32.2. The minimum atomic E-state index is -3.48. The molecule has 1 atom stereocenters. The molecule has 0 aromatic heterocycles. The summed E-state index contributed by atoms with van der Waals surface area (Å²) in [6.45, 7) is 5.00. The van der Waals surface area contributed by atoms with E-state index in [9.17, 15) is 8.42 Å². The van der Waals surface area contributed by atoms with Gasteiger partial charge in [0.15, 0.2) is 0 Å². The normalized spacial score (nSPS) is 24.7. The number of rotatable bonds is 2. The maximum atomic E-state index is 12.8.